The van der Waals surface area contributed by atoms with Crippen molar-refractivity contribution in [2.45, 2.75) is 19.4 Å². The van der Waals surface area contributed by atoms with Gasteiger partial charge in [0.1, 0.15) is 5.82 Å². The first kappa shape index (κ1) is 25.5. The minimum Gasteiger partial charge on any atom is -0.459 e. The molecule has 1 N–H and O–H groups in total. The number of likely N-dealkylation sites (tertiary alicyclic amines) is 1. The van der Waals surface area contributed by atoms with Crippen LogP contribution in [0.1, 0.15) is 29.0 Å². The number of benzene rings is 1. The first-order valence-electron chi connectivity index (χ1n) is 11.4. The van der Waals surface area contributed by atoms with Gasteiger partial charge in [-0.05, 0) is 50.0 Å². The van der Waals surface area contributed by atoms with Crippen LogP contribution in [0.3, 0.4) is 0 Å². The molecule has 1 aromatic carbocycles. The molecule has 0 unspecified atom stereocenters. The summed E-state index contributed by atoms with van der Waals surface area (Å²) in [5.41, 5.74) is 0.772. The molecular formula is C24H33FIN5O2. The van der Waals surface area contributed by atoms with Gasteiger partial charge >= 0.3 is 0 Å². The molecule has 7 nitrogen and oxygen atoms in total. The number of nitrogens with one attached hydrogen (secondary N) is 1. The standard InChI is InChI=1S/C24H32FN5O2.HI/c1-26-24(30-14-12-29(13-15-30)23(31)22-7-4-16-32-22)27-17-19-8-10-28(11-9-19)18-20-5-2-3-6-21(20)25;/h2-7,16,19H,8-15,17-18H2,1H3,(H,26,27);1H. The van der Waals surface area contributed by atoms with Gasteiger partial charge in [0.05, 0.1) is 6.26 Å². The smallest absolute Gasteiger partial charge is 0.289 e. The van der Waals surface area contributed by atoms with Crippen LogP contribution < -0.4 is 5.32 Å². The number of rotatable bonds is 5. The third kappa shape index (κ3) is 6.69. The van der Waals surface area contributed by atoms with Gasteiger partial charge < -0.3 is 19.5 Å². The Morgan fingerprint density at radius 3 is 2.39 bits per heavy atom. The van der Waals surface area contributed by atoms with Crippen molar-refractivity contribution in [1.82, 2.24) is 20.0 Å². The van der Waals surface area contributed by atoms with Crippen LogP contribution in [0.2, 0.25) is 0 Å². The van der Waals surface area contributed by atoms with E-state index in [0.717, 1.165) is 57.1 Å². The van der Waals surface area contributed by atoms with E-state index in [2.05, 4.69) is 20.1 Å². The summed E-state index contributed by atoms with van der Waals surface area (Å²) in [6, 6.07) is 10.5. The van der Waals surface area contributed by atoms with E-state index in [1.807, 2.05) is 17.0 Å². The molecule has 2 fully saturated rings. The minimum atomic E-state index is -0.119. The van der Waals surface area contributed by atoms with Crippen molar-refractivity contribution in [3.63, 3.8) is 0 Å². The van der Waals surface area contributed by atoms with E-state index in [-0.39, 0.29) is 35.7 Å². The molecule has 4 rings (SSSR count). The Morgan fingerprint density at radius 2 is 1.76 bits per heavy atom. The summed E-state index contributed by atoms with van der Waals surface area (Å²) in [4.78, 5) is 23.3. The number of carbonyl (C=O) groups is 1. The van der Waals surface area contributed by atoms with Crippen LogP contribution in [-0.4, -0.2) is 79.4 Å². The maximum atomic E-state index is 13.9. The van der Waals surface area contributed by atoms with Gasteiger partial charge in [0, 0.05) is 51.9 Å². The number of piperidine rings is 1. The highest BCUT2D eigenvalue weighted by Gasteiger charge is 2.26. The Morgan fingerprint density at radius 1 is 1.06 bits per heavy atom. The van der Waals surface area contributed by atoms with E-state index in [1.54, 1.807) is 25.2 Å². The van der Waals surface area contributed by atoms with Crippen LogP contribution in [-0.2, 0) is 6.54 Å². The van der Waals surface area contributed by atoms with Crippen molar-refractivity contribution in [2.24, 2.45) is 10.9 Å². The van der Waals surface area contributed by atoms with E-state index in [4.69, 9.17) is 4.42 Å². The lowest BCUT2D eigenvalue weighted by Gasteiger charge is -2.37. The zero-order valence-electron chi connectivity index (χ0n) is 19.1. The Bertz CT molecular complexity index is 907. The minimum absolute atomic E-state index is 0. The third-order valence-corrected chi connectivity index (χ3v) is 6.42. The molecular weight excluding hydrogens is 536 g/mol. The third-order valence-electron chi connectivity index (χ3n) is 6.42. The predicted octanol–water partition coefficient (Wildman–Crippen LogP) is 3.28. The van der Waals surface area contributed by atoms with Crippen LogP contribution in [0.25, 0.3) is 0 Å². The molecule has 0 radical (unpaired) electrons. The molecule has 0 aliphatic carbocycles. The summed E-state index contributed by atoms with van der Waals surface area (Å²) in [5.74, 6) is 1.68. The van der Waals surface area contributed by atoms with Crippen molar-refractivity contribution < 1.29 is 13.6 Å². The van der Waals surface area contributed by atoms with Crippen molar-refractivity contribution >= 4 is 35.8 Å². The topological polar surface area (TPSA) is 64.3 Å². The molecule has 3 heterocycles. The quantitative estimate of drug-likeness (QED) is 0.341. The number of furan rings is 1. The van der Waals surface area contributed by atoms with Crippen LogP contribution >= 0.6 is 24.0 Å². The molecule has 0 saturated carbocycles. The van der Waals surface area contributed by atoms with Crippen LogP contribution in [0.5, 0.6) is 0 Å². The van der Waals surface area contributed by atoms with E-state index < -0.39 is 0 Å². The fraction of sp³-hybridized carbons (Fsp3) is 0.500. The lowest BCUT2D eigenvalue weighted by atomic mass is 9.96. The molecule has 1 aromatic heterocycles. The normalized spacial score (nSPS) is 18.2. The van der Waals surface area contributed by atoms with Gasteiger partial charge in [0.25, 0.3) is 5.91 Å². The van der Waals surface area contributed by atoms with E-state index in [1.165, 1.54) is 12.3 Å². The lowest BCUT2D eigenvalue weighted by molar-refractivity contribution is 0.0657. The average Bonchev–Trinajstić information content (AvgIpc) is 3.37. The van der Waals surface area contributed by atoms with Gasteiger partial charge in [0.15, 0.2) is 11.7 Å². The SMILES string of the molecule is CN=C(NCC1CCN(Cc2ccccc2F)CC1)N1CCN(C(=O)c2ccco2)CC1.I. The lowest BCUT2D eigenvalue weighted by Crippen LogP contribution is -2.54. The summed E-state index contributed by atoms with van der Waals surface area (Å²) in [5, 5.41) is 3.53. The van der Waals surface area contributed by atoms with Gasteiger partial charge in [-0.15, -0.1) is 24.0 Å². The second-order valence-electron chi connectivity index (χ2n) is 8.50. The summed E-state index contributed by atoms with van der Waals surface area (Å²) < 4.78 is 19.1. The Balaban J connectivity index is 0.00000306. The Labute approximate surface area is 212 Å². The van der Waals surface area contributed by atoms with Crippen LogP contribution in [0.4, 0.5) is 4.39 Å². The van der Waals surface area contributed by atoms with E-state index in [9.17, 15) is 9.18 Å². The number of piperazine rings is 1. The predicted molar refractivity (Wildman–Crippen MR) is 137 cm³/mol. The zero-order chi connectivity index (χ0) is 22.3. The van der Waals surface area contributed by atoms with Crippen molar-refractivity contribution in [3.05, 3.63) is 59.8 Å². The number of hydrogen-bond donors (Lipinski definition) is 1. The fourth-order valence-electron chi connectivity index (χ4n) is 4.46. The highest BCUT2D eigenvalue weighted by atomic mass is 127. The molecule has 9 heteroatoms. The largest absolute Gasteiger partial charge is 0.459 e. The van der Waals surface area contributed by atoms with Crippen molar-refractivity contribution in [3.8, 4) is 0 Å². The van der Waals surface area contributed by atoms with Crippen molar-refractivity contribution in [2.75, 3.05) is 52.9 Å². The first-order chi connectivity index (χ1) is 15.6. The molecule has 180 valence electrons. The molecule has 2 aromatic rings. The molecule has 2 aliphatic rings. The van der Waals surface area contributed by atoms with Gasteiger partial charge in [-0.2, -0.15) is 0 Å². The molecule has 2 aliphatic heterocycles. The maximum absolute atomic E-state index is 13.9. The maximum Gasteiger partial charge on any atom is 0.289 e. The molecule has 1 amide bonds. The Kier molecular flexibility index (Phi) is 9.54. The second kappa shape index (κ2) is 12.4. The summed E-state index contributed by atoms with van der Waals surface area (Å²) in [6.07, 6.45) is 3.70. The van der Waals surface area contributed by atoms with Gasteiger partial charge in [-0.3, -0.25) is 14.7 Å². The molecule has 2 saturated heterocycles. The number of nitrogens with zero attached hydrogens (tertiary/aromatic N) is 4. The average molecular weight is 569 g/mol. The zero-order valence-corrected chi connectivity index (χ0v) is 21.4. The van der Waals surface area contributed by atoms with Crippen molar-refractivity contribution in [1.29, 1.82) is 0 Å². The highest BCUT2D eigenvalue weighted by molar-refractivity contribution is 14.0. The van der Waals surface area contributed by atoms with Crippen LogP contribution in [0.15, 0.2) is 52.1 Å². The van der Waals surface area contributed by atoms with Gasteiger partial charge in [-0.1, -0.05) is 18.2 Å². The monoisotopic (exact) mass is 569 g/mol. The fourth-order valence-corrected chi connectivity index (χ4v) is 4.46. The summed E-state index contributed by atoms with van der Waals surface area (Å²) in [7, 11) is 1.81. The first-order valence-corrected chi connectivity index (χ1v) is 11.4. The molecule has 0 spiro atoms. The van der Waals surface area contributed by atoms with E-state index in [0.29, 0.717) is 31.3 Å². The highest BCUT2D eigenvalue weighted by Crippen LogP contribution is 2.19. The molecule has 0 atom stereocenters. The number of carbonyl (C=O) groups excluding carboxylic acids is 1. The summed E-state index contributed by atoms with van der Waals surface area (Å²) >= 11 is 0. The number of halogens is 2. The molecule has 0 bridgehead atoms. The summed E-state index contributed by atoms with van der Waals surface area (Å²) in [6.45, 7) is 6.30. The molecule has 33 heavy (non-hydrogen) atoms. The Hall–Kier alpha value is -2.14. The number of amides is 1. The number of hydrogen-bond acceptors (Lipinski definition) is 4. The van der Waals surface area contributed by atoms with Crippen LogP contribution in [0, 0.1) is 11.7 Å². The second-order valence-corrected chi connectivity index (χ2v) is 8.50. The van der Waals surface area contributed by atoms with E-state index >= 15 is 0 Å². The number of aliphatic imine (C=N–C) groups is 1. The van der Waals surface area contributed by atoms with Gasteiger partial charge in [-0.25, -0.2) is 4.39 Å². The van der Waals surface area contributed by atoms with Gasteiger partial charge in [0.2, 0.25) is 0 Å². The number of guanidine groups is 1.